The van der Waals surface area contributed by atoms with Gasteiger partial charge in [-0.05, 0) is 38.8 Å². The quantitative estimate of drug-likeness (QED) is 0.850. The van der Waals surface area contributed by atoms with Crippen LogP contribution in [0.5, 0.6) is 0 Å². The summed E-state index contributed by atoms with van der Waals surface area (Å²) in [6.07, 6.45) is 10.7. The molecule has 4 nitrogen and oxygen atoms in total. The number of nitrogens with zero attached hydrogens (tertiary/aromatic N) is 3. The Balaban J connectivity index is 1.65. The molecule has 0 amide bonds. The predicted octanol–water partition coefficient (Wildman–Crippen LogP) is 1.19. The van der Waals surface area contributed by atoms with Crippen molar-refractivity contribution in [3.8, 4) is 0 Å². The molecule has 4 heteroatoms. The van der Waals surface area contributed by atoms with Gasteiger partial charge in [0.2, 0.25) is 0 Å². The normalized spacial score (nSPS) is 29.9. The van der Waals surface area contributed by atoms with Crippen LogP contribution in [0.25, 0.3) is 0 Å². The molecule has 2 aliphatic heterocycles. The summed E-state index contributed by atoms with van der Waals surface area (Å²) in [5.74, 6) is 0. The molecule has 0 bridgehead atoms. The van der Waals surface area contributed by atoms with Crippen molar-refractivity contribution in [2.75, 3.05) is 13.1 Å². The summed E-state index contributed by atoms with van der Waals surface area (Å²) in [7, 11) is 0. The van der Waals surface area contributed by atoms with Crippen LogP contribution >= 0.6 is 0 Å². The van der Waals surface area contributed by atoms with Gasteiger partial charge in [0.15, 0.2) is 0 Å². The van der Waals surface area contributed by atoms with E-state index >= 15 is 0 Å². The molecule has 0 aliphatic carbocycles. The lowest BCUT2D eigenvalue weighted by molar-refractivity contribution is 0.204. The highest BCUT2D eigenvalue weighted by Crippen LogP contribution is 2.25. The zero-order valence-corrected chi connectivity index (χ0v) is 10.2. The molecule has 1 N–H and O–H groups in total. The zero-order chi connectivity index (χ0) is 11.5. The molecule has 2 saturated heterocycles. The van der Waals surface area contributed by atoms with Gasteiger partial charge in [-0.25, -0.2) is 0 Å². The Morgan fingerprint density at radius 1 is 1.29 bits per heavy atom. The molecule has 2 fully saturated rings. The fourth-order valence-corrected chi connectivity index (χ4v) is 3.16. The molecule has 1 aromatic heterocycles. The van der Waals surface area contributed by atoms with Gasteiger partial charge in [0.1, 0.15) is 0 Å². The van der Waals surface area contributed by atoms with Crippen LogP contribution in [0.1, 0.15) is 31.4 Å². The number of rotatable bonds is 3. The summed E-state index contributed by atoms with van der Waals surface area (Å²) in [5, 5.41) is 3.64. The van der Waals surface area contributed by atoms with Crippen molar-refractivity contribution >= 4 is 0 Å². The Kier molecular flexibility index (Phi) is 3.34. The highest BCUT2D eigenvalue weighted by molar-refractivity contribution is 4.99. The molecule has 3 rings (SSSR count). The number of aromatic nitrogens is 2. The fourth-order valence-electron chi connectivity index (χ4n) is 3.16. The summed E-state index contributed by atoms with van der Waals surface area (Å²) in [4.78, 5) is 11.1. The van der Waals surface area contributed by atoms with Crippen LogP contribution in [0, 0.1) is 0 Å². The largest absolute Gasteiger partial charge is 0.312 e. The second-order valence-electron chi connectivity index (χ2n) is 5.08. The van der Waals surface area contributed by atoms with Gasteiger partial charge in [-0.15, -0.1) is 0 Å². The lowest BCUT2D eigenvalue weighted by atomic mass is 10.0. The fraction of sp³-hybridized carbons (Fsp3) is 0.692. The first-order valence-electron chi connectivity index (χ1n) is 6.66. The lowest BCUT2D eigenvalue weighted by Crippen LogP contribution is -2.43. The molecule has 1 aromatic rings. The standard InChI is InChI=1S/C13H20N4/c1-3-12(16-5-1)13-4-2-8-17(13)10-11-9-14-6-7-15-11/h6-7,9,12-13,16H,1-5,8,10H2. The highest BCUT2D eigenvalue weighted by Gasteiger charge is 2.33. The van der Waals surface area contributed by atoms with Crippen LogP contribution in [0.4, 0.5) is 0 Å². The molecule has 2 aliphatic rings. The van der Waals surface area contributed by atoms with E-state index in [1.165, 1.54) is 38.8 Å². The summed E-state index contributed by atoms with van der Waals surface area (Å²) in [6, 6.07) is 1.41. The van der Waals surface area contributed by atoms with E-state index in [-0.39, 0.29) is 0 Å². The Bertz CT molecular complexity index is 348. The number of nitrogens with one attached hydrogen (secondary N) is 1. The van der Waals surface area contributed by atoms with Crippen molar-refractivity contribution in [2.45, 2.75) is 44.3 Å². The van der Waals surface area contributed by atoms with E-state index in [4.69, 9.17) is 0 Å². The average Bonchev–Trinajstić information content (AvgIpc) is 3.00. The van der Waals surface area contributed by atoms with Crippen molar-refractivity contribution in [1.29, 1.82) is 0 Å². The first kappa shape index (κ1) is 11.1. The van der Waals surface area contributed by atoms with Gasteiger partial charge in [-0.3, -0.25) is 14.9 Å². The second kappa shape index (κ2) is 5.10. The minimum Gasteiger partial charge on any atom is -0.312 e. The summed E-state index contributed by atoms with van der Waals surface area (Å²) in [5.41, 5.74) is 1.09. The van der Waals surface area contributed by atoms with Crippen LogP contribution in [0.2, 0.25) is 0 Å². The molecule has 0 aromatic carbocycles. The Morgan fingerprint density at radius 2 is 2.29 bits per heavy atom. The Hall–Kier alpha value is -1.00. The third-order valence-electron chi connectivity index (χ3n) is 3.96. The summed E-state index contributed by atoms with van der Waals surface area (Å²) < 4.78 is 0. The Morgan fingerprint density at radius 3 is 3.06 bits per heavy atom. The highest BCUT2D eigenvalue weighted by atomic mass is 15.2. The second-order valence-corrected chi connectivity index (χ2v) is 5.08. The molecule has 3 heterocycles. The number of likely N-dealkylation sites (tertiary alicyclic amines) is 1. The molecule has 0 radical (unpaired) electrons. The van der Waals surface area contributed by atoms with Gasteiger partial charge in [-0.2, -0.15) is 0 Å². The third-order valence-corrected chi connectivity index (χ3v) is 3.96. The average molecular weight is 232 g/mol. The minimum atomic E-state index is 0.703. The van der Waals surface area contributed by atoms with Crippen LogP contribution in [0.15, 0.2) is 18.6 Å². The van der Waals surface area contributed by atoms with Crippen molar-refractivity contribution in [1.82, 2.24) is 20.2 Å². The Labute approximate surface area is 102 Å². The molecular formula is C13H20N4. The summed E-state index contributed by atoms with van der Waals surface area (Å²) >= 11 is 0. The zero-order valence-electron chi connectivity index (χ0n) is 10.2. The molecule has 2 unspecified atom stereocenters. The summed E-state index contributed by atoms with van der Waals surface area (Å²) in [6.45, 7) is 3.36. The first-order valence-corrected chi connectivity index (χ1v) is 6.66. The van der Waals surface area contributed by atoms with E-state index in [0.29, 0.717) is 12.1 Å². The van der Waals surface area contributed by atoms with Gasteiger partial charge in [-0.1, -0.05) is 0 Å². The van der Waals surface area contributed by atoms with Crippen LogP contribution in [-0.4, -0.2) is 40.0 Å². The number of hydrogen-bond acceptors (Lipinski definition) is 4. The van der Waals surface area contributed by atoms with E-state index in [9.17, 15) is 0 Å². The van der Waals surface area contributed by atoms with Gasteiger partial charge >= 0.3 is 0 Å². The maximum Gasteiger partial charge on any atom is 0.0726 e. The first-order chi connectivity index (χ1) is 8.43. The molecule has 0 saturated carbocycles. The van der Waals surface area contributed by atoms with Crippen molar-refractivity contribution < 1.29 is 0 Å². The van der Waals surface area contributed by atoms with Crippen LogP contribution in [0.3, 0.4) is 0 Å². The molecule has 17 heavy (non-hydrogen) atoms. The molecule has 92 valence electrons. The minimum absolute atomic E-state index is 0.703. The molecule has 0 spiro atoms. The van der Waals surface area contributed by atoms with Gasteiger partial charge < -0.3 is 5.32 Å². The van der Waals surface area contributed by atoms with Gasteiger partial charge in [0.05, 0.1) is 5.69 Å². The van der Waals surface area contributed by atoms with Crippen molar-refractivity contribution in [3.05, 3.63) is 24.3 Å². The van der Waals surface area contributed by atoms with Crippen molar-refractivity contribution in [3.63, 3.8) is 0 Å². The van der Waals surface area contributed by atoms with Crippen LogP contribution in [-0.2, 0) is 6.54 Å². The van der Waals surface area contributed by atoms with Crippen molar-refractivity contribution in [2.24, 2.45) is 0 Å². The smallest absolute Gasteiger partial charge is 0.0726 e. The van der Waals surface area contributed by atoms with E-state index in [1.807, 2.05) is 6.20 Å². The SMILES string of the molecule is c1cnc(CN2CCCC2C2CCCN2)cn1. The van der Waals surface area contributed by atoms with E-state index in [0.717, 1.165) is 12.2 Å². The van der Waals surface area contributed by atoms with E-state index < -0.39 is 0 Å². The third kappa shape index (κ3) is 2.48. The monoisotopic (exact) mass is 232 g/mol. The van der Waals surface area contributed by atoms with Gasteiger partial charge in [0, 0.05) is 37.2 Å². The maximum atomic E-state index is 4.38. The van der Waals surface area contributed by atoms with E-state index in [2.05, 4.69) is 20.2 Å². The van der Waals surface area contributed by atoms with Crippen LogP contribution < -0.4 is 5.32 Å². The molecular weight excluding hydrogens is 212 g/mol. The van der Waals surface area contributed by atoms with E-state index in [1.54, 1.807) is 12.4 Å². The van der Waals surface area contributed by atoms with Gasteiger partial charge in [0.25, 0.3) is 0 Å². The lowest BCUT2D eigenvalue weighted by Gasteiger charge is -2.29. The number of hydrogen-bond donors (Lipinski definition) is 1. The predicted molar refractivity (Wildman–Crippen MR) is 66.5 cm³/mol. The topological polar surface area (TPSA) is 41.1 Å². The maximum absolute atomic E-state index is 4.38. The molecule has 2 atom stereocenters.